The van der Waals surface area contributed by atoms with Crippen molar-refractivity contribution in [3.63, 3.8) is 0 Å². The standard InChI is InChI=1S/C6H14O12P2/c7-4-3(1-16-19(10,11)12)18-6(9,5(4)8)2-17-20(13,14)15/h3-5,7-9H,1-2H2,(H2,10,11,12)(H2,13,14,15)/t3-,4+,5?,6-/m1/s1. The molecule has 0 saturated carbocycles. The van der Waals surface area contributed by atoms with Crippen LogP contribution in [0.15, 0.2) is 0 Å². The average molecular weight is 340 g/mol. The molecule has 1 fully saturated rings. The van der Waals surface area contributed by atoms with Crippen LogP contribution in [0.4, 0.5) is 0 Å². The maximum Gasteiger partial charge on any atom is 0.469 e. The molecule has 0 bridgehead atoms. The van der Waals surface area contributed by atoms with Crippen LogP contribution in [0, 0.1) is 0 Å². The van der Waals surface area contributed by atoms with Gasteiger partial charge in [0.1, 0.15) is 24.9 Å². The van der Waals surface area contributed by atoms with Gasteiger partial charge >= 0.3 is 15.6 Å². The van der Waals surface area contributed by atoms with Gasteiger partial charge in [-0.2, -0.15) is 0 Å². The second-order valence-corrected chi connectivity index (χ2v) is 6.47. The molecule has 0 spiro atoms. The van der Waals surface area contributed by atoms with E-state index in [1.165, 1.54) is 0 Å². The van der Waals surface area contributed by atoms with E-state index in [1.807, 2.05) is 0 Å². The lowest BCUT2D eigenvalue weighted by Gasteiger charge is -2.25. The molecule has 4 atom stereocenters. The first-order chi connectivity index (χ1) is 8.84. The Bertz CT molecular complexity index is 428. The lowest BCUT2D eigenvalue weighted by atomic mass is 10.1. The van der Waals surface area contributed by atoms with Gasteiger partial charge in [0.15, 0.2) is 0 Å². The molecule has 1 unspecified atom stereocenters. The fourth-order valence-electron chi connectivity index (χ4n) is 1.47. The maximum absolute atomic E-state index is 10.5. The number of ether oxygens (including phenoxy) is 1. The average Bonchev–Trinajstić information content (AvgIpc) is 2.48. The lowest BCUT2D eigenvalue weighted by molar-refractivity contribution is -0.245. The highest BCUT2D eigenvalue weighted by Gasteiger charge is 2.54. The summed E-state index contributed by atoms with van der Waals surface area (Å²) >= 11 is 0. The molecule has 120 valence electrons. The summed E-state index contributed by atoms with van der Waals surface area (Å²) in [4.78, 5) is 33.9. The molecule has 7 N–H and O–H groups in total. The second kappa shape index (κ2) is 6.05. The van der Waals surface area contributed by atoms with E-state index in [2.05, 4.69) is 13.8 Å². The van der Waals surface area contributed by atoms with E-state index in [1.54, 1.807) is 0 Å². The fraction of sp³-hybridized carbons (Fsp3) is 1.00. The predicted octanol–water partition coefficient (Wildman–Crippen LogP) is -2.99. The number of hydrogen-bond acceptors (Lipinski definition) is 8. The van der Waals surface area contributed by atoms with Crippen molar-refractivity contribution in [1.29, 1.82) is 0 Å². The minimum absolute atomic E-state index is 0.874. The quantitative estimate of drug-likeness (QED) is 0.242. The molecular weight excluding hydrogens is 326 g/mol. The summed E-state index contributed by atoms with van der Waals surface area (Å²) in [6.45, 7) is -2.05. The molecule has 1 aliphatic rings. The van der Waals surface area contributed by atoms with Crippen molar-refractivity contribution < 1.29 is 57.8 Å². The van der Waals surface area contributed by atoms with Crippen LogP contribution in [0.3, 0.4) is 0 Å². The van der Waals surface area contributed by atoms with E-state index in [-0.39, 0.29) is 0 Å². The summed E-state index contributed by atoms with van der Waals surface area (Å²) in [5.74, 6) is -2.66. The Kier molecular flexibility index (Phi) is 5.48. The van der Waals surface area contributed by atoms with Crippen LogP contribution >= 0.6 is 15.6 Å². The smallest absolute Gasteiger partial charge is 0.387 e. The van der Waals surface area contributed by atoms with E-state index < -0.39 is 53.0 Å². The molecule has 0 radical (unpaired) electrons. The van der Waals surface area contributed by atoms with Gasteiger partial charge in [-0.15, -0.1) is 0 Å². The van der Waals surface area contributed by atoms with Crippen molar-refractivity contribution in [2.45, 2.75) is 24.1 Å². The van der Waals surface area contributed by atoms with Crippen LogP contribution in [0.5, 0.6) is 0 Å². The molecule has 0 aromatic carbocycles. The topological polar surface area (TPSA) is 203 Å². The Morgan fingerprint density at radius 1 is 1.05 bits per heavy atom. The number of hydrogen-bond donors (Lipinski definition) is 7. The van der Waals surface area contributed by atoms with Crippen LogP contribution in [0.2, 0.25) is 0 Å². The SMILES string of the molecule is O=P(O)(O)OC[C@H]1O[C@](O)(COP(=O)(O)O)C(O)[C@H]1O. The molecule has 20 heavy (non-hydrogen) atoms. The monoisotopic (exact) mass is 340 g/mol. The van der Waals surface area contributed by atoms with Crippen molar-refractivity contribution in [3.8, 4) is 0 Å². The van der Waals surface area contributed by atoms with Crippen molar-refractivity contribution >= 4 is 15.6 Å². The van der Waals surface area contributed by atoms with Crippen molar-refractivity contribution in [2.75, 3.05) is 13.2 Å². The zero-order chi connectivity index (χ0) is 15.8. The van der Waals surface area contributed by atoms with Gasteiger partial charge in [-0.1, -0.05) is 0 Å². The van der Waals surface area contributed by atoms with Crippen molar-refractivity contribution in [1.82, 2.24) is 0 Å². The Balaban J connectivity index is 2.67. The number of phosphoric ester groups is 2. The first kappa shape index (κ1) is 18.1. The van der Waals surface area contributed by atoms with Gasteiger partial charge in [-0.25, -0.2) is 9.13 Å². The van der Waals surface area contributed by atoms with Crippen LogP contribution < -0.4 is 0 Å². The fourth-order valence-corrected chi connectivity index (χ4v) is 2.17. The first-order valence-corrected chi connectivity index (χ1v) is 8.07. The Labute approximate surface area is 112 Å². The van der Waals surface area contributed by atoms with Gasteiger partial charge in [-0.05, 0) is 0 Å². The molecule has 0 amide bonds. The molecule has 1 rings (SSSR count). The van der Waals surface area contributed by atoms with Gasteiger partial charge in [0, 0.05) is 0 Å². The highest BCUT2D eigenvalue weighted by Crippen LogP contribution is 2.41. The lowest BCUT2D eigenvalue weighted by Crippen LogP contribution is -2.46. The van der Waals surface area contributed by atoms with Crippen molar-refractivity contribution in [2.24, 2.45) is 0 Å². The molecule has 0 aromatic rings. The molecule has 0 aliphatic carbocycles. The zero-order valence-corrected chi connectivity index (χ0v) is 11.5. The summed E-state index contributed by atoms with van der Waals surface area (Å²) in [5.41, 5.74) is 0. The minimum Gasteiger partial charge on any atom is -0.387 e. The van der Waals surface area contributed by atoms with Crippen LogP contribution in [-0.2, 0) is 22.9 Å². The molecule has 1 aliphatic heterocycles. The maximum atomic E-state index is 10.5. The third-order valence-electron chi connectivity index (χ3n) is 2.37. The molecular formula is C6H14O12P2. The summed E-state index contributed by atoms with van der Waals surface area (Å²) in [7, 11) is -9.82. The predicted molar refractivity (Wildman–Crippen MR) is 57.8 cm³/mol. The van der Waals surface area contributed by atoms with Gasteiger partial charge in [0.05, 0.1) is 6.61 Å². The summed E-state index contributed by atoms with van der Waals surface area (Å²) < 4.78 is 33.6. The second-order valence-electron chi connectivity index (χ2n) is 3.99. The normalized spacial score (nSPS) is 35.5. The number of phosphoric acid groups is 2. The van der Waals surface area contributed by atoms with E-state index in [9.17, 15) is 24.4 Å². The largest absolute Gasteiger partial charge is 0.469 e. The van der Waals surface area contributed by atoms with Gasteiger partial charge in [0.25, 0.3) is 0 Å². The molecule has 1 heterocycles. The Morgan fingerprint density at radius 3 is 2.00 bits per heavy atom. The van der Waals surface area contributed by atoms with Crippen molar-refractivity contribution in [3.05, 3.63) is 0 Å². The van der Waals surface area contributed by atoms with E-state index in [0.29, 0.717) is 0 Å². The zero-order valence-electron chi connectivity index (χ0n) is 9.71. The molecule has 14 heteroatoms. The summed E-state index contributed by atoms with van der Waals surface area (Å²) in [6.07, 6.45) is -5.38. The van der Waals surface area contributed by atoms with Gasteiger partial charge in [0.2, 0.25) is 5.79 Å². The minimum atomic E-state index is -4.96. The van der Waals surface area contributed by atoms with E-state index >= 15 is 0 Å². The van der Waals surface area contributed by atoms with Gasteiger partial charge < -0.3 is 39.6 Å². The number of aliphatic hydroxyl groups is 3. The molecule has 12 nitrogen and oxygen atoms in total. The molecule has 0 aromatic heterocycles. The Hall–Kier alpha value is 0.0600. The number of aliphatic hydroxyl groups excluding tert-OH is 2. The number of rotatable bonds is 6. The van der Waals surface area contributed by atoms with Crippen LogP contribution in [0.25, 0.3) is 0 Å². The highest BCUT2D eigenvalue weighted by molar-refractivity contribution is 7.46. The van der Waals surface area contributed by atoms with Crippen LogP contribution in [0.1, 0.15) is 0 Å². The molecule has 1 saturated heterocycles. The summed E-state index contributed by atoms with van der Waals surface area (Å²) in [6, 6.07) is 0. The highest BCUT2D eigenvalue weighted by atomic mass is 31.2. The van der Waals surface area contributed by atoms with Gasteiger partial charge in [-0.3, -0.25) is 9.05 Å². The summed E-state index contributed by atoms with van der Waals surface area (Å²) in [5, 5.41) is 28.8. The Morgan fingerprint density at radius 2 is 1.55 bits per heavy atom. The van der Waals surface area contributed by atoms with E-state index in [0.717, 1.165) is 0 Å². The first-order valence-electron chi connectivity index (χ1n) is 5.00. The third kappa shape index (κ3) is 5.11. The van der Waals surface area contributed by atoms with E-state index in [4.69, 9.17) is 19.6 Å². The van der Waals surface area contributed by atoms with Crippen LogP contribution in [-0.4, -0.2) is 72.2 Å². The third-order valence-corrected chi connectivity index (χ3v) is 3.32.